The van der Waals surface area contributed by atoms with Crippen LogP contribution in [0.3, 0.4) is 0 Å². The highest BCUT2D eigenvalue weighted by molar-refractivity contribution is 7.80. The zero-order valence-corrected chi connectivity index (χ0v) is 16.9. The fourth-order valence-electron chi connectivity index (χ4n) is 2.14. The van der Waals surface area contributed by atoms with E-state index in [-0.39, 0.29) is 11.0 Å². The minimum absolute atomic E-state index is 0.222. The summed E-state index contributed by atoms with van der Waals surface area (Å²) < 4.78 is 5.72. The molecular formula is C21H23ClN2O2S. The van der Waals surface area contributed by atoms with Crippen LogP contribution >= 0.6 is 23.8 Å². The number of amides is 1. The summed E-state index contributed by atoms with van der Waals surface area (Å²) in [5.74, 6) is 1.04. The molecular weight excluding hydrogens is 380 g/mol. The number of halogens is 1. The van der Waals surface area contributed by atoms with Crippen LogP contribution in [0, 0.1) is 5.92 Å². The zero-order chi connectivity index (χ0) is 19.6. The monoisotopic (exact) mass is 402 g/mol. The lowest BCUT2D eigenvalue weighted by Gasteiger charge is -2.11. The molecule has 0 atom stereocenters. The van der Waals surface area contributed by atoms with Gasteiger partial charge in [0, 0.05) is 22.9 Å². The molecule has 0 saturated carbocycles. The molecule has 2 aromatic carbocycles. The average molecular weight is 403 g/mol. The van der Waals surface area contributed by atoms with Gasteiger partial charge in [-0.1, -0.05) is 43.6 Å². The Kier molecular flexibility index (Phi) is 8.30. The summed E-state index contributed by atoms with van der Waals surface area (Å²) in [4.78, 5) is 12.0. The zero-order valence-electron chi connectivity index (χ0n) is 15.4. The molecule has 0 aliphatic rings. The predicted molar refractivity (Wildman–Crippen MR) is 116 cm³/mol. The Morgan fingerprint density at radius 3 is 2.67 bits per heavy atom. The molecule has 0 aliphatic carbocycles. The number of rotatable bonds is 7. The van der Waals surface area contributed by atoms with Gasteiger partial charge < -0.3 is 10.1 Å². The molecule has 0 aliphatic heterocycles. The van der Waals surface area contributed by atoms with Crippen LogP contribution in [-0.2, 0) is 4.79 Å². The molecule has 1 amide bonds. The van der Waals surface area contributed by atoms with Crippen LogP contribution in [0.2, 0.25) is 5.02 Å². The third-order valence-corrected chi connectivity index (χ3v) is 4.05. The highest BCUT2D eigenvalue weighted by atomic mass is 35.5. The van der Waals surface area contributed by atoms with Gasteiger partial charge in [0.15, 0.2) is 5.11 Å². The van der Waals surface area contributed by atoms with Gasteiger partial charge in [0.05, 0.1) is 6.61 Å². The van der Waals surface area contributed by atoms with Crippen LogP contribution in [0.1, 0.15) is 25.8 Å². The lowest BCUT2D eigenvalue weighted by molar-refractivity contribution is -0.115. The van der Waals surface area contributed by atoms with Crippen LogP contribution in [-0.4, -0.2) is 17.6 Å². The molecule has 0 spiro atoms. The van der Waals surface area contributed by atoms with E-state index in [0.29, 0.717) is 17.5 Å². The number of nitrogens with one attached hydrogen (secondary N) is 2. The van der Waals surface area contributed by atoms with E-state index in [0.717, 1.165) is 23.4 Å². The second-order valence-corrected chi connectivity index (χ2v) is 7.23. The molecule has 27 heavy (non-hydrogen) atoms. The summed E-state index contributed by atoms with van der Waals surface area (Å²) in [6.45, 7) is 4.98. The van der Waals surface area contributed by atoms with Gasteiger partial charge in [-0.15, -0.1) is 0 Å². The molecule has 2 aromatic rings. The summed E-state index contributed by atoms with van der Waals surface area (Å²) in [5.41, 5.74) is 1.63. The molecule has 0 aromatic heterocycles. The number of benzene rings is 2. The molecule has 142 valence electrons. The molecule has 0 bridgehead atoms. The summed E-state index contributed by atoms with van der Waals surface area (Å²) in [6, 6.07) is 14.7. The van der Waals surface area contributed by atoms with Gasteiger partial charge in [-0.25, -0.2) is 0 Å². The third-order valence-electron chi connectivity index (χ3n) is 3.59. The average Bonchev–Trinajstić information content (AvgIpc) is 2.61. The van der Waals surface area contributed by atoms with Crippen LogP contribution in [0.4, 0.5) is 5.69 Å². The number of ether oxygens (including phenoxy) is 1. The van der Waals surface area contributed by atoms with Gasteiger partial charge in [-0.05, 0) is 60.5 Å². The number of carbonyl (C=O) groups excluding carboxylic acids is 1. The first-order valence-corrected chi connectivity index (χ1v) is 9.49. The molecule has 0 saturated heterocycles. The van der Waals surface area contributed by atoms with Gasteiger partial charge in [0.2, 0.25) is 5.91 Å². The number of thiocarbonyl (C=S) groups is 1. The minimum Gasteiger partial charge on any atom is -0.494 e. The summed E-state index contributed by atoms with van der Waals surface area (Å²) >= 11 is 11.0. The normalized spacial score (nSPS) is 10.8. The van der Waals surface area contributed by atoms with Crippen molar-refractivity contribution in [2.45, 2.75) is 20.3 Å². The minimum atomic E-state index is -0.313. The molecule has 4 nitrogen and oxygen atoms in total. The Bertz CT molecular complexity index is 804. The van der Waals surface area contributed by atoms with Crippen molar-refractivity contribution in [1.29, 1.82) is 0 Å². The van der Waals surface area contributed by atoms with Crippen molar-refractivity contribution in [3.8, 4) is 5.75 Å². The predicted octanol–water partition coefficient (Wildman–Crippen LogP) is 5.29. The van der Waals surface area contributed by atoms with Crippen LogP contribution in [0.5, 0.6) is 5.75 Å². The van der Waals surface area contributed by atoms with Gasteiger partial charge in [0.25, 0.3) is 0 Å². The smallest absolute Gasteiger partial charge is 0.250 e. The van der Waals surface area contributed by atoms with E-state index < -0.39 is 0 Å². The van der Waals surface area contributed by atoms with E-state index in [1.807, 2.05) is 36.4 Å². The van der Waals surface area contributed by atoms with Gasteiger partial charge in [-0.2, -0.15) is 0 Å². The van der Waals surface area contributed by atoms with E-state index in [2.05, 4.69) is 24.5 Å². The molecule has 2 N–H and O–H groups in total. The summed E-state index contributed by atoms with van der Waals surface area (Å²) in [7, 11) is 0. The SMILES string of the molecule is CC(C)CCOc1cccc(NC(=S)NC(=O)/C=C/c2ccc(Cl)cc2)c1. The van der Waals surface area contributed by atoms with Crippen molar-refractivity contribution in [1.82, 2.24) is 5.32 Å². The number of hydrogen-bond donors (Lipinski definition) is 2. The molecule has 0 fully saturated rings. The molecule has 6 heteroatoms. The van der Waals surface area contributed by atoms with Crippen molar-refractivity contribution in [3.63, 3.8) is 0 Å². The van der Waals surface area contributed by atoms with E-state index in [4.69, 9.17) is 28.6 Å². The maximum atomic E-state index is 12.0. The topological polar surface area (TPSA) is 50.4 Å². The highest BCUT2D eigenvalue weighted by Crippen LogP contribution is 2.18. The lowest BCUT2D eigenvalue weighted by Crippen LogP contribution is -2.32. The van der Waals surface area contributed by atoms with E-state index >= 15 is 0 Å². The Morgan fingerprint density at radius 2 is 1.96 bits per heavy atom. The first-order chi connectivity index (χ1) is 12.9. The second kappa shape index (κ2) is 10.7. The Morgan fingerprint density at radius 1 is 1.22 bits per heavy atom. The molecule has 0 radical (unpaired) electrons. The van der Waals surface area contributed by atoms with Crippen molar-refractivity contribution >= 4 is 46.6 Å². The maximum absolute atomic E-state index is 12.0. The fraction of sp³-hybridized carbons (Fsp3) is 0.238. The van der Waals surface area contributed by atoms with Gasteiger partial charge >= 0.3 is 0 Å². The first kappa shape index (κ1) is 20.9. The van der Waals surface area contributed by atoms with E-state index in [1.165, 1.54) is 6.08 Å². The quantitative estimate of drug-likeness (QED) is 0.488. The maximum Gasteiger partial charge on any atom is 0.250 e. The van der Waals surface area contributed by atoms with Crippen LogP contribution in [0.15, 0.2) is 54.6 Å². The number of hydrogen-bond acceptors (Lipinski definition) is 3. The van der Waals surface area contributed by atoms with Gasteiger partial charge in [0.1, 0.15) is 5.75 Å². The largest absolute Gasteiger partial charge is 0.494 e. The molecule has 0 unspecified atom stereocenters. The van der Waals surface area contributed by atoms with E-state index in [1.54, 1.807) is 18.2 Å². The first-order valence-electron chi connectivity index (χ1n) is 8.71. The summed E-state index contributed by atoms with van der Waals surface area (Å²) in [6.07, 6.45) is 4.10. The number of anilines is 1. The van der Waals surface area contributed by atoms with Crippen molar-refractivity contribution < 1.29 is 9.53 Å². The van der Waals surface area contributed by atoms with Gasteiger partial charge in [-0.3, -0.25) is 10.1 Å². The van der Waals surface area contributed by atoms with Crippen LogP contribution in [0.25, 0.3) is 6.08 Å². The van der Waals surface area contributed by atoms with Crippen LogP contribution < -0.4 is 15.4 Å². The fourth-order valence-corrected chi connectivity index (χ4v) is 2.48. The second-order valence-electron chi connectivity index (χ2n) is 6.39. The van der Waals surface area contributed by atoms with Crippen molar-refractivity contribution in [2.24, 2.45) is 5.92 Å². The van der Waals surface area contributed by atoms with Crippen molar-refractivity contribution in [2.75, 3.05) is 11.9 Å². The van der Waals surface area contributed by atoms with E-state index in [9.17, 15) is 4.79 Å². The highest BCUT2D eigenvalue weighted by Gasteiger charge is 2.03. The Labute approximate surface area is 170 Å². The summed E-state index contributed by atoms with van der Waals surface area (Å²) in [5, 5.41) is 6.47. The Balaban J connectivity index is 1.84. The Hall–Kier alpha value is -2.37. The lowest BCUT2D eigenvalue weighted by atomic mass is 10.1. The number of carbonyl (C=O) groups is 1. The standard InChI is InChI=1S/C21H23ClN2O2S/c1-15(2)12-13-26-19-5-3-4-18(14-19)23-21(27)24-20(25)11-8-16-6-9-17(22)10-7-16/h3-11,14-15H,12-13H2,1-2H3,(H2,23,24,25,27)/b11-8+. The third kappa shape index (κ3) is 8.24. The molecule has 0 heterocycles. The van der Waals surface area contributed by atoms with Crippen molar-refractivity contribution in [3.05, 3.63) is 65.2 Å². The molecule has 2 rings (SSSR count).